The van der Waals surface area contributed by atoms with Crippen LogP contribution in [0, 0.1) is 17.8 Å². The first-order valence-corrected chi connectivity index (χ1v) is 10.8. The van der Waals surface area contributed by atoms with Crippen LogP contribution in [0.15, 0.2) is 36.4 Å². The molecule has 1 aliphatic rings. The Balaban J connectivity index is 1.77. The minimum absolute atomic E-state index is 0.0269. The number of ether oxygens (including phenoxy) is 1. The molecule has 4 rings (SSSR count). The van der Waals surface area contributed by atoms with Crippen LogP contribution < -0.4 is 10.1 Å². The van der Waals surface area contributed by atoms with Crippen LogP contribution in [0.3, 0.4) is 0 Å². The largest absolute Gasteiger partial charge is 0.433 e. The molecule has 0 aliphatic heterocycles. The van der Waals surface area contributed by atoms with Crippen molar-refractivity contribution in [1.82, 2.24) is 14.9 Å². The van der Waals surface area contributed by atoms with Gasteiger partial charge < -0.3 is 10.1 Å². The number of imidazole rings is 1. The summed E-state index contributed by atoms with van der Waals surface area (Å²) in [5, 5.41) is 2.79. The van der Waals surface area contributed by atoms with Gasteiger partial charge in [-0.3, -0.25) is 14.2 Å². The van der Waals surface area contributed by atoms with Gasteiger partial charge in [0.05, 0.1) is 17.6 Å². The van der Waals surface area contributed by atoms with Crippen LogP contribution in [0.1, 0.15) is 47.9 Å². The number of aldehydes is 1. The first kappa shape index (κ1) is 22.5. The molecule has 1 heterocycles. The van der Waals surface area contributed by atoms with Crippen molar-refractivity contribution in [2.75, 3.05) is 6.54 Å². The van der Waals surface area contributed by atoms with Crippen molar-refractivity contribution in [2.45, 2.75) is 39.2 Å². The van der Waals surface area contributed by atoms with E-state index in [0.717, 1.165) is 19.3 Å². The van der Waals surface area contributed by atoms with E-state index in [0.29, 0.717) is 35.1 Å². The molecule has 170 valence electrons. The fourth-order valence-corrected chi connectivity index (χ4v) is 3.68. The maximum absolute atomic E-state index is 13.1. The number of aromatic nitrogens is 2. The van der Waals surface area contributed by atoms with Crippen molar-refractivity contribution in [2.24, 2.45) is 5.92 Å². The summed E-state index contributed by atoms with van der Waals surface area (Å²) in [4.78, 5) is 28.2. The number of nitrogens with one attached hydrogen (secondary N) is 1. The zero-order valence-corrected chi connectivity index (χ0v) is 18.1. The lowest BCUT2D eigenvalue weighted by Gasteiger charge is -2.16. The standard InChI is InChI=1S/C25H23F2N3O3/c1-2-5-22-29-19-12-9-16(6-4-13-28-24(32)17-10-11-17)14-20(19)30(22)23-18(15-31)7-3-8-21(23)33-25(26)27/h3,7-9,12,14-15,17,25H,2,5,10-11,13H2,1H3,(H,28,32). The number of benzene rings is 2. The lowest BCUT2D eigenvalue weighted by atomic mass is 10.1. The Kier molecular flexibility index (Phi) is 6.68. The number of fused-ring (bicyclic) bond motifs is 1. The molecular weight excluding hydrogens is 428 g/mol. The van der Waals surface area contributed by atoms with Gasteiger partial charge in [0.1, 0.15) is 11.5 Å². The Morgan fingerprint density at radius 1 is 1.33 bits per heavy atom. The predicted molar refractivity (Wildman–Crippen MR) is 120 cm³/mol. The van der Waals surface area contributed by atoms with Gasteiger partial charge in [-0.1, -0.05) is 24.8 Å². The van der Waals surface area contributed by atoms with Gasteiger partial charge in [0.25, 0.3) is 0 Å². The van der Waals surface area contributed by atoms with E-state index in [9.17, 15) is 18.4 Å². The van der Waals surface area contributed by atoms with Crippen LogP contribution in [0.5, 0.6) is 5.75 Å². The van der Waals surface area contributed by atoms with E-state index >= 15 is 0 Å². The molecule has 0 bridgehead atoms. The van der Waals surface area contributed by atoms with Gasteiger partial charge in [-0.05, 0) is 49.6 Å². The molecular formula is C25H23F2N3O3. The topological polar surface area (TPSA) is 73.2 Å². The van der Waals surface area contributed by atoms with Gasteiger partial charge in [0, 0.05) is 23.5 Å². The van der Waals surface area contributed by atoms with Crippen LogP contribution in [0.4, 0.5) is 8.78 Å². The van der Waals surface area contributed by atoms with Crippen molar-refractivity contribution >= 4 is 23.2 Å². The average molecular weight is 451 g/mol. The van der Waals surface area contributed by atoms with Gasteiger partial charge >= 0.3 is 6.61 Å². The van der Waals surface area contributed by atoms with Gasteiger partial charge in [-0.25, -0.2) is 4.98 Å². The van der Waals surface area contributed by atoms with E-state index in [1.807, 2.05) is 13.0 Å². The van der Waals surface area contributed by atoms with Crippen molar-refractivity contribution in [1.29, 1.82) is 0 Å². The van der Waals surface area contributed by atoms with Crippen LogP contribution in [-0.2, 0) is 11.2 Å². The molecule has 1 aromatic heterocycles. The average Bonchev–Trinajstić information content (AvgIpc) is 3.59. The van der Waals surface area contributed by atoms with Crippen molar-refractivity contribution < 1.29 is 23.1 Å². The summed E-state index contributed by atoms with van der Waals surface area (Å²) in [6.45, 7) is -0.811. The molecule has 1 N–H and O–H groups in total. The number of hydrogen-bond donors (Lipinski definition) is 1. The fraction of sp³-hybridized carbons (Fsp3) is 0.320. The zero-order chi connectivity index (χ0) is 23.4. The van der Waals surface area contributed by atoms with E-state index in [2.05, 4.69) is 22.1 Å². The summed E-state index contributed by atoms with van der Waals surface area (Å²) in [6.07, 6.45) is 3.82. The summed E-state index contributed by atoms with van der Waals surface area (Å²) in [7, 11) is 0. The van der Waals surface area contributed by atoms with Crippen LogP contribution in [-0.4, -0.2) is 34.9 Å². The minimum atomic E-state index is -3.04. The molecule has 1 fully saturated rings. The number of amides is 1. The number of carbonyl (C=O) groups is 2. The third kappa shape index (κ3) is 5.03. The number of halogens is 2. The molecule has 0 unspecified atom stereocenters. The Morgan fingerprint density at radius 2 is 2.15 bits per heavy atom. The van der Waals surface area contributed by atoms with E-state index in [1.165, 1.54) is 12.1 Å². The Morgan fingerprint density at radius 3 is 2.85 bits per heavy atom. The first-order chi connectivity index (χ1) is 16.0. The molecule has 0 spiro atoms. The predicted octanol–water partition coefficient (Wildman–Crippen LogP) is 4.27. The normalized spacial score (nSPS) is 13.0. The number of rotatable bonds is 8. The summed E-state index contributed by atoms with van der Waals surface area (Å²) in [5.41, 5.74) is 2.38. The molecule has 1 aliphatic carbocycles. The van der Waals surface area contributed by atoms with Crippen molar-refractivity contribution in [3.05, 3.63) is 53.3 Å². The van der Waals surface area contributed by atoms with Gasteiger partial charge in [0.15, 0.2) is 12.0 Å². The Hall–Kier alpha value is -3.73. The van der Waals surface area contributed by atoms with Gasteiger partial charge in [-0.15, -0.1) is 0 Å². The molecule has 0 atom stereocenters. The zero-order valence-electron chi connectivity index (χ0n) is 18.1. The monoisotopic (exact) mass is 451 g/mol. The Labute approximate surface area is 189 Å². The van der Waals surface area contributed by atoms with Crippen molar-refractivity contribution in [3.63, 3.8) is 0 Å². The summed E-state index contributed by atoms with van der Waals surface area (Å²) < 4.78 is 32.6. The highest BCUT2D eigenvalue weighted by Gasteiger charge is 2.28. The third-order valence-corrected chi connectivity index (χ3v) is 5.33. The molecule has 8 heteroatoms. The third-order valence-electron chi connectivity index (χ3n) is 5.33. The number of alkyl halides is 2. The molecule has 1 amide bonds. The quantitative estimate of drug-likeness (QED) is 0.410. The summed E-state index contributed by atoms with van der Waals surface area (Å²) >= 11 is 0. The van der Waals surface area contributed by atoms with E-state index < -0.39 is 6.61 Å². The van der Waals surface area contributed by atoms with E-state index in [-0.39, 0.29) is 35.4 Å². The molecule has 6 nitrogen and oxygen atoms in total. The maximum atomic E-state index is 13.1. The van der Waals surface area contributed by atoms with E-state index in [4.69, 9.17) is 4.74 Å². The first-order valence-electron chi connectivity index (χ1n) is 10.8. The molecule has 33 heavy (non-hydrogen) atoms. The molecule has 3 aromatic rings. The van der Waals surface area contributed by atoms with E-state index in [1.54, 1.807) is 22.8 Å². The number of nitrogens with zero attached hydrogens (tertiary/aromatic N) is 2. The second-order valence-electron chi connectivity index (χ2n) is 7.80. The highest BCUT2D eigenvalue weighted by atomic mass is 19.3. The van der Waals surface area contributed by atoms with Crippen LogP contribution >= 0.6 is 0 Å². The maximum Gasteiger partial charge on any atom is 0.387 e. The number of aryl methyl sites for hydroxylation is 1. The number of para-hydroxylation sites is 1. The second kappa shape index (κ2) is 9.82. The lowest BCUT2D eigenvalue weighted by molar-refractivity contribution is -0.122. The van der Waals surface area contributed by atoms with Gasteiger partial charge in [-0.2, -0.15) is 8.78 Å². The van der Waals surface area contributed by atoms with Crippen LogP contribution in [0.25, 0.3) is 16.7 Å². The summed E-state index contributed by atoms with van der Waals surface area (Å²) in [5.74, 6) is 6.63. The number of carbonyl (C=O) groups excluding carboxylic acids is 2. The second-order valence-corrected chi connectivity index (χ2v) is 7.80. The fourth-order valence-electron chi connectivity index (χ4n) is 3.68. The molecule has 0 saturated heterocycles. The smallest absolute Gasteiger partial charge is 0.387 e. The SMILES string of the molecule is CCCc1nc2ccc(C#CCNC(=O)C3CC3)cc2n1-c1c(C=O)cccc1OC(F)F. The summed E-state index contributed by atoms with van der Waals surface area (Å²) in [6, 6.07) is 9.86. The lowest BCUT2D eigenvalue weighted by Crippen LogP contribution is -2.24. The highest BCUT2D eigenvalue weighted by molar-refractivity contribution is 5.87. The van der Waals surface area contributed by atoms with Crippen LogP contribution in [0.2, 0.25) is 0 Å². The minimum Gasteiger partial charge on any atom is -0.433 e. The molecule has 2 aromatic carbocycles. The molecule has 1 saturated carbocycles. The number of hydrogen-bond acceptors (Lipinski definition) is 4. The molecule has 0 radical (unpaired) electrons. The van der Waals surface area contributed by atoms with Gasteiger partial charge in [0.2, 0.25) is 5.91 Å². The Bertz CT molecular complexity index is 1250. The highest BCUT2D eigenvalue weighted by Crippen LogP contribution is 2.33. The van der Waals surface area contributed by atoms with Crippen molar-refractivity contribution in [3.8, 4) is 23.3 Å².